The number of benzene rings is 1. The highest BCUT2D eigenvalue weighted by molar-refractivity contribution is 5.91. The Labute approximate surface area is 183 Å². The van der Waals surface area contributed by atoms with E-state index in [0.29, 0.717) is 35.4 Å². The number of rotatable bonds is 5. The van der Waals surface area contributed by atoms with Crippen LogP contribution in [0.4, 0.5) is 0 Å². The molecule has 1 amide bonds. The van der Waals surface area contributed by atoms with Crippen molar-refractivity contribution in [3.63, 3.8) is 0 Å². The van der Waals surface area contributed by atoms with E-state index in [4.69, 9.17) is 9.15 Å². The van der Waals surface area contributed by atoms with Crippen LogP contribution in [0.3, 0.4) is 0 Å². The van der Waals surface area contributed by atoms with E-state index in [1.54, 1.807) is 19.2 Å². The molecule has 3 saturated heterocycles. The van der Waals surface area contributed by atoms with Crippen molar-refractivity contribution in [2.75, 3.05) is 26.7 Å². The third-order valence-corrected chi connectivity index (χ3v) is 7.52. The molecule has 0 spiro atoms. The van der Waals surface area contributed by atoms with Crippen molar-refractivity contribution in [3.05, 3.63) is 53.5 Å². The van der Waals surface area contributed by atoms with Crippen molar-refractivity contribution in [2.45, 2.75) is 50.8 Å². The molecule has 31 heavy (non-hydrogen) atoms. The molecule has 4 heterocycles. The first-order valence-electron chi connectivity index (χ1n) is 11.5. The molecule has 2 aromatic rings. The van der Waals surface area contributed by atoms with Crippen LogP contribution in [-0.2, 0) is 13.0 Å². The van der Waals surface area contributed by atoms with Gasteiger partial charge in [-0.05, 0) is 73.9 Å². The van der Waals surface area contributed by atoms with E-state index in [1.807, 2.05) is 11.0 Å². The van der Waals surface area contributed by atoms with E-state index in [2.05, 4.69) is 23.1 Å². The van der Waals surface area contributed by atoms with Crippen molar-refractivity contribution >= 4 is 5.91 Å². The molecule has 6 nitrogen and oxygen atoms in total. The van der Waals surface area contributed by atoms with Gasteiger partial charge < -0.3 is 19.2 Å². The smallest absolute Gasteiger partial charge is 0.289 e. The number of piperidine rings is 3. The van der Waals surface area contributed by atoms with Crippen LogP contribution in [0.15, 0.2) is 40.8 Å². The zero-order valence-corrected chi connectivity index (χ0v) is 18.2. The number of hydrogen-bond donors (Lipinski definition) is 1. The summed E-state index contributed by atoms with van der Waals surface area (Å²) < 4.78 is 11.0. The molecular weight excluding hydrogens is 392 g/mol. The molecule has 2 bridgehead atoms. The molecule has 0 unspecified atom stereocenters. The molecule has 0 saturated carbocycles. The molecule has 4 atom stereocenters. The molecule has 166 valence electrons. The summed E-state index contributed by atoms with van der Waals surface area (Å²) >= 11 is 0. The Morgan fingerprint density at radius 2 is 2.06 bits per heavy atom. The molecule has 1 N–H and O–H groups in total. The van der Waals surface area contributed by atoms with Gasteiger partial charge in [0, 0.05) is 25.2 Å². The van der Waals surface area contributed by atoms with Crippen molar-refractivity contribution in [1.29, 1.82) is 0 Å². The minimum atomic E-state index is -0.182. The topological polar surface area (TPSA) is 66.1 Å². The fourth-order valence-corrected chi connectivity index (χ4v) is 6.13. The van der Waals surface area contributed by atoms with Crippen molar-refractivity contribution < 1.29 is 19.1 Å². The first kappa shape index (κ1) is 20.6. The van der Waals surface area contributed by atoms with Gasteiger partial charge in [0.05, 0.1) is 7.11 Å². The molecule has 1 aromatic heterocycles. The number of carbonyl (C=O) groups is 1. The number of fused-ring (bicyclic) bond motifs is 4. The number of aliphatic hydroxyl groups is 1. The van der Waals surface area contributed by atoms with E-state index in [9.17, 15) is 9.90 Å². The summed E-state index contributed by atoms with van der Waals surface area (Å²) in [6.45, 7) is 2.55. The maximum Gasteiger partial charge on any atom is 0.289 e. The van der Waals surface area contributed by atoms with Crippen LogP contribution in [0.25, 0.3) is 0 Å². The van der Waals surface area contributed by atoms with Gasteiger partial charge in [-0.3, -0.25) is 9.69 Å². The largest absolute Gasteiger partial charge is 0.497 e. The number of carbonyl (C=O) groups excluding carboxylic acids is 1. The number of furan rings is 1. The van der Waals surface area contributed by atoms with E-state index in [1.165, 1.54) is 31.2 Å². The maximum absolute atomic E-state index is 13.2. The Balaban J connectivity index is 1.39. The number of hydrogen-bond acceptors (Lipinski definition) is 5. The number of amides is 1. The summed E-state index contributed by atoms with van der Waals surface area (Å²) in [5, 5.41) is 9.28. The Bertz CT molecular complexity index is 926. The van der Waals surface area contributed by atoms with Crippen LogP contribution in [0.5, 0.6) is 5.75 Å². The van der Waals surface area contributed by atoms with Crippen LogP contribution in [0, 0.1) is 11.8 Å². The third kappa shape index (κ3) is 3.99. The number of likely N-dealkylation sites (tertiary alicyclic amines) is 1. The van der Waals surface area contributed by atoms with Gasteiger partial charge in [-0.1, -0.05) is 18.6 Å². The van der Waals surface area contributed by atoms with E-state index in [-0.39, 0.29) is 12.5 Å². The Morgan fingerprint density at radius 3 is 2.87 bits per heavy atom. The van der Waals surface area contributed by atoms with Crippen LogP contribution in [0.2, 0.25) is 0 Å². The van der Waals surface area contributed by atoms with Crippen molar-refractivity contribution in [1.82, 2.24) is 9.80 Å². The van der Waals surface area contributed by atoms with Crippen molar-refractivity contribution in [3.8, 4) is 5.75 Å². The summed E-state index contributed by atoms with van der Waals surface area (Å²) in [5.74, 6) is 2.62. The Hall–Kier alpha value is -2.31. The maximum atomic E-state index is 13.2. The molecule has 0 aliphatic carbocycles. The Morgan fingerprint density at radius 1 is 1.19 bits per heavy atom. The van der Waals surface area contributed by atoms with Crippen LogP contribution in [0.1, 0.15) is 47.6 Å². The van der Waals surface area contributed by atoms with Gasteiger partial charge in [-0.15, -0.1) is 0 Å². The molecule has 3 aliphatic heterocycles. The van der Waals surface area contributed by atoms with E-state index in [0.717, 1.165) is 31.8 Å². The monoisotopic (exact) mass is 424 g/mol. The second-order valence-electron chi connectivity index (χ2n) is 9.31. The number of methoxy groups -OCH3 is 1. The van der Waals surface area contributed by atoms with Gasteiger partial charge in [0.1, 0.15) is 18.1 Å². The second kappa shape index (κ2) is 8.67. The number of nitrogens with zero attached hydrogens (tertiary/aromatic N) is 2. The summed E-state index contributed by atoms with van der Waals surface area (Å²) in [4.78, 5) is 18.0. The number of ether oxygens (including phenoxy) is 1. The summed E-state index contributed by atoms with van der Waals surface area (Å²) in [6, 6.07) is 12.8. The lowest BCUT2D eigenvalue weighted by molar-refractivity contribution is -0.0646. The van der Waals surface area contributed by atoms with Gasteiger partial charge in [0.2, 0.25) is 0 Å². The summed E-state index contributed by atoms with van der Waals surface area (Å²) in [7, 11) is 1.71. The first-order chi connectivity index (χ1) is 15.2. The average molecular weight is 425 g/mol. The minimum Gasteiger partial charge on any atom is -0.497 e. The first-order valence-corrected chi connectivity index (χ1v) is 11.5. The molecule has 6 heteroatoms. The van der Waals surface area contributed by atoms with E-state index < -0.39 is 0 Å². The third-order valence-electron chi connectivity index (χ3n) is 7.52. The van der Waals surface area contributed by atoms with Crippen LogP contribution in [-0.4, -0.2) is 59.6 Å². The molecule has 0 radical (unpaired) electrons. The molecule has 5 rings (SSSR count). The normalized spacial score (nSPS) is 28.3. The minimum absolute atomic E-state index is 0.0428. The fourth-order valence-electron chi connectivity index (χ4n) is 6.13. The summed E-state index contributed by atoms with van der Waals surface area (Å²) in [5.41, 5.74) is 1.30. The highest BCUT2D eigenvalue weighted by atomic mass is 16.5. The predicted octanol–water partition coefficient (Wildman–Crippen LogP) is 3.34. The SMILES string of the molecule is COc1cccc(C[C@H]2[C@H]3C[C@H](CN(C(=O)c4ccc(CO)o4)C3)[C@@H]3CCCCN32)c1. The number of aliphatic hydroxyl groups excluding tert-OH is 1. The highest BCUT2D eigenvalue weighted by Gasteiger charge is 2.48. The predicted molar refractivity (Wildman–Crippen MR) is 117 cm³/mol. The van der Waals surface area contributed by atoms with Gasteiger partial charge >= 0.3 is 0 Å². The lowest BCUT2D eigenvalue weighted by Crippen LogP contribution is -2.64. The molecular formula is C25H32N2O4. The zero-order valence-electron chi connectivity index (χ0n) is 18.2. The second-order valence-corrected chi connectivity index (χ2v) is 9.31. The lowest BCUT2D eigenvalue weighted by Gasteiger charge is -2.56. The quantitative estimate of drug-likeness (QED) is 0.798. The van der Waals surface area contributed by atoms with Gasteiger partial charge in [0.15, 0.2) is 5.76 Å². The molecule has 1 aromatic carbocycles. The Kier molecular flexibility index (Phi) is 5.76. The zero-order chi connectivity index (χ0) is 21.4. The molecule has 3 fully saturated rings. The van der Waals surface area contributed by atoms with Crippen LogP contribution < -0.4 is 4.74 Å². The van der Waals surface area contributed by atoms with Crippen LogP contribution >= 0.6 is 0 Å². The molecule has 3 aliphatic rings. The lowest BCUT2D eigenvalue weighted by atomic mass is 9.71. The van der Waals surface area contributed by atoms with Crippen molar-refractivity contribution in [2.24, 2.45) is 11.8 Å². The highest BCUT2D eigenvalue weighted by Crippen LogP contribution is 2.42. The standard InChI is InChI=1S/C25H32N2O4/c1-30-20-6-4-5-17(11-20)12-23-19-13-18(22-7-2-3-10-27(22)23)14-26(15-19)25(29)24-9-8-21(16-28)31-24/h4-6,8-9,11,18-19,22-23,28H,2-3,7,10,12-16H2,1H3/t18-,19+,22+,23+/m1/s1. The average Bonchev–Trinajstić information content (AvgIpc) is 3.31. The van der Waals surface area contributed by atoms with Gasteiger partial charge in [-0.25, -0.2) is 0 Å². The van der Waals surface area contributed by atoms with Gasteiger partial charge in [-0.2, -0.15) is 0 Å². The van der Waals surface area contributed by atoms with Gasteiger partial charge in [0.25, 0.3) is 5.91 Å². The fraction of sp³-hybridized carbons (Fsp3) is 0.560. The summed E-state index contributed by atoms with van der Waals surface area (Å²) in [6.07, 6.45) is 5.95. The van der Waals surface area contributed by atoms with E-state index >= 15 is 0 Å².